The number of fused-ring (bicyclic) bond motifs is 2. The molecule has 0 atom stereocenters. The van der Waals surface area contributed by atoms with Gasteiger partial charge < -0.3 is 16.0 Å². The predicted molar refractivity (Wildman–Crippen MR) is 125 cm³/mol. The van der Waals surface area contributed by atoms with E-state index in [0.29, 0.717) is 18.1 Å². The zero-order valence-electron chi connectivity index (χ0n) is 18.2. The molecule has 5 rings (SSSR count). The third-order valence-corrected chi connectivity index (χ3v) is 5.88. The van der Waals surface area contributed by atoms with Crippen LogP contribution in [0.15, 0.2) is 48.5 Å². The molecule has 32 heavy (non-hydrogen) atoms. The molecule has 0 unspecified atom stereocenters. The third-order valence-electron chi connectivity index (χ3n) is 5.88. The Morgan fingerprint density at radius 2 is 1.94 bits per heavy atom. The molecule has 0 aliphatic carbocycles. The van der Waals surface area contributed by atoms with Gasteiger partial charge in [-0.1, -0.05) is 36.4 Å². The smallest absolute Gasteiger partial charge is 0.267 e. The Bertz CT molecular complexity index is 1310. The number of pyridine rings is 1. The molecule has 0 radical (unpaired) electrons. The lowest BCUT2D eigenvalue weighted by Gasteiger charge is -2.28. The van der Waals surface area contributed by atoms with Gasteiger partial charge in [0.25, 0.3) is 5.91 Å². The number of aryl methyl sites for hydroxylation is 1. The molecule has 0 saturated carbocycles. The molecule has 8 heteroatoms. The molecule has 1 aromatic carbocycles. The molecule has 0 saturated heterocycles. The summed E-state index contributed by atoms with van der Waals surface area (Å²) >= 11 is 0. The topological polar surface area (TPSA) is 101 Å². The van der Waals surface area contributed by atoms with Crippen molar-refractivity contribution in [2.75, 3.05) is 23.8 Å². The Morgan fingerprint density at radius 3 is 2.72 bits per heavy atom. The SMILES string of the molecule is Cc1nn2c(C(N)=O)cccc2c1-c1nc(NCc2ccccc2)c2c(n1)N(C)CCC2. The average molecular weight is 428 g/mol. The van der Waals surface area contributed by atoms with E-state index in [1.807, 2.05) is 31.2 Å². The van der Waals surface area contributed by atoms with E-state index in [4.69, 9.17) is 15.7 Å². The van der Waals surface area contributed by atoms with Crippen molar-refractivity contribution in [1.29, 1.82) is 0 Å². The number of anilines is 2. The average Bonchev–Trinajstić information content (AvgIpc) is 3.14. The summed E-state index contributed by atoms with van der Waals surface area (Å²) in [7, 11) is 2.06. The van der Waals surface area contributed by atoms with Crippen molar-refractivity contribution < 1.29 is 4.79 Å². The number of nitrogens with two attached hydrogens (primary N) is 1. The van der Waals surface area contributed by atoms with Gasteiger partial charge in [0.15, 0.2) is 5.82 Å². The lowest BCUT2D eigenvalue weighted by molar-refractivity contribution is 0.0993. The van der Waals surface area contributed by atoms with Crippen LogP contribution in [0.2, 0.25) is 0 Å². The van der Waals surface area contributed by atoms with Gasteiger partial charge in [0, 0.05) is 25.7 Å². The molecule has 3 N–H and O–H groups in total. The second-order valence-corrected chi connectivity index (χ2v) is 8.09. The van der Waals surface area contributed by atoms with Crippen molar-refractivity contribution in [3.05, 3.63) is 71.0 Å². The van der Waals surface area contributed by atoms with Gasteiger partial charge in [-0.3, -0.25) is 4.79 Å². The second-order valence-electron chi connectivity index (χ2n) is 8.09. The molecule has 0 fully saturated rings. The fraction of sp³-hybridized carbons (Fsp3) is 0.250. The first-order valence-electron chi connectivity index (χ1n) is 10.7. The Hall–Kier alpha value is -3.94. The zero-order valence-corrected chi connectivity index (χ0v) is 18.2. The van der Waals surface area contributed by atoms with Crippen molar-refractivity contribution in [3.63, 3.8) is 0 Å². The van der Waals surface area contributed by atoms with Crippen LogP contribution in [-0.4, -0.2) is 39.1 Å². The van der Waals surface area contributed by atoms with E-state index >= 15 is 0 Å². The minimum Gasteiger partial charge on any atom is -0.366 e. The van der Waals surface area contributed by atoms with Crippen LogP contribution in [0.5, 0.6) is 0 Å². The molecule has 1 amide bonds. The highest BCUT2D eigenvalue weighted by atomic mass is 16.1. The maximum atomic E-state index is 11.9. The van der Waals surface area contributed by atoms with E-state index in [9.17, 15) is 4.79 Å². The fourth-order valence-corrected chi connectivity index (χ4v) is 4.30. The summed E-state index contributed by atoms with van der Waals surface area (Å²) in [5, 5.41) is 8.10. The highest BCUT2D eigenvalue weighted by molar-refractivity contribution is 5.93. The summed E-state index contributed by atoms with van der Waals surface area (Å²) in [6.45, 7) is 3.52. The number of nitrogens with zero attached hydrogens (tertiary/aromatic N) is 5. The monoisotopic (exact) mass is 427 g/mol. The van der Waals surface area contributed by atoms with Crippen molar-refractivity contribution in [3.8, 4) is 11.4 Å². The first-order valence-corrected chi connectivity index (χ1v) is 10.7. The lowest BCUT2D eigenvalue weighted by atomic mass is 10.1. The first-order chi connectivity index (χ1) is 15.5. The minimum absolute atomic E-state index is 0.328. The maximum Gasteiger partial charge on any atom is 0.267 e. The lowest BCUT2D eigenvalue weighted by Crippen LogP contribution is -2.27. The molecular formula is C24H25N7O. The van der Waals surface area contributed by atoms with Crippen LogP contribution >= 0.6 is 0 Å². The van der Waals surface area contributed by atoms with Gasteiger partial charge in [0.05, 0.1) is 16.8 Å². The van der Waals surface area contributed by atoms with E-state index in [1.165, 1.54) is 5.56 Å². The molecule has 3 aromatic heterocycles. The van der Waals surface area contributed by atoms with Crippen LogP contribution in [-0.2, 0) is 13.0 Å². The number of carbonyl (C=O) groups excluding carboxylic acids is 1. The molecule has 8 nitrogen and oxygen atoms in total. The van der Waals surface area contributed by atoms with Crippen LogP contribution in [0.4, 0.5) is 11.6 Å². The standard InChI is InChI=1S/C24H25N7O/c1-15-20(18-11-6-12-19(21(25)32)31(18)29-15)23-27-22(26-14-16-8-4-3-5-9-16)17-10-7-13-30(2)24(17)28-23/h3-6,8-9,11-12H,7,10,13-14H2,1-2H3,(H2,25,32)(H,26,27,28). The number of nitrogens with one attached hydrogen (secondary N) is 1. The van der Waals surface area contributed by atoms with E-state index in [2.05, 4.69) is 34.5 Å². The van der Waals surface area contributed by atoms with Crippen molar-refractivity contribution in [2.45, 2.75) is 26.3 Å². The Balaban J connectivity index is 1.65. The summed E-state index contributed by atoms with van der Waals surface area (Å²) in [5.41, 5.74) is 10.5. The summed E-state index contributed by atoms with van der Waals surface area (Å²) in [6, 6.07) is 15.6. The Labute approximate surface area is 186 Å². The summed E-state index contributed by atoms with van der Waals surface area (Å²) in [6.07, 6.45) is 1.99. The zero-order chi connectivity index (χ0) is 22.2. The molecule has 4 aromatic rings. The molecule has 4 heterocycles. The molecule has 0 spiro atoms. The van der Waals surface area contributed by atoms with Gasteiger partial charge in [-0.15, -0.1) is 0 Å². The van der Waals surface area contributed by atoms with E-state index in [-0.39, 0.29) is 0 Å². The van der Waals surface area contributed by atoms with Crippen molar-refractivity contribution in [1.82, 2.24) is 19.6 Å². The van der Waals surface area contributed by atoms with Crippen LogP contribution in [0.25, 0.3) is 16.9 Å². The summed E-state index contributed by atoms with van der Waals surface area (Å²) in [5.74, 6) is 1.83. The number of rotatable bonds is 5. The number of carbonyl (C=O) groups is 1. The molecule has 1 aliphatic heterocycles. The molecule has 0 bridgehead atoms. The van der Waals surface area contributed by atoms with Gasteiger partial charge in [-0.2, -0.15) is 5.10 Å². The number of hydrogen-bond acceptors (Lipinski definition) is 6. The van der Waals surface area contributed by atoms with Gasteiger partial charge >= 0.3 is 0 Å². The fourth-order valence-electron chi connectivity index (χ4n) is 4.30. The Morgan fingerprint density at radius 1 is 1.12 bits per heavy atom. The quantitative estimate of drug-likeness (QED) is 0.507. The number of amides is 1. The third kappa shape index (κ3) is 3.43. The highest BCUT2D eigenvalue weighted by Crippen LogP contribution is 2.34. The summed E-state index contributed by atoms with van der Waals surface area (Å²) in [4.78, 5) is 24.0. The normalized spacial score (nSPS) is 13.2. The van der Waals surface area contributed by atoms with E-state index in [1.54, 1.807) is 16.6 Å². The van der Waals surface area contributed by atoms with Crippen LogP contribution in [0.3, 0.4) is 0 Å². The van der Waals surface area contributed by atoms with Crippen molar-refractivity contribution in [2.24, 2.45) is 5.73 Å². The van der Waals surface area contributed by atoms with Gasteiger partial charge in [0.2, 0.25) is 0 Å². The Kier molecular flexibility index (Phi) is 4.97. The minimum atomic E-state index is -0.527. The first kappa shape index (κ1) is 20.0. The largest absolute Gasteiger partial charge is 0.366 e. The van der Waals surface area contributed by atoms with E-state index < -0.39 is 5.91 Å². The van der Waals surface area contributed by atoms with Gasteiger partial charge in [-0.05, 0) is 37.5 Å². The summed E-state index contributed by atoms with van der Waals surface area (Å²) < 4.78 is 1.58. The molecule has 162 valence electrons. The van der Waals surface area contributed by atoms with Gasteiger partial charge in [-0.25, -0.2) is 14.5 Å². The molecule has 1 aliphatic rings. The number of benzene rings is 1. The van der Waals surface area contributed by atoms with Crippen LogP contribution in [0.1, 0.15) is 33.7 Å². The second kappa shape index (κ2) is 7.96. The predicted octanol–water partition coefficient (Wildman–Crippen LogP) is 3.19. The number of primary amides is 1. The maximum absolute atomic E-state index is 11.9. The number of hydrogen-bond donors (Lipinski definition) is 2. The highest BCUT2D eigenvalue weighted by Gasteiger charge is 2.24. The van der Waals surface area contributed by atoms with Gasteiger partial charge in [0.1, 0.15) is 17.3 Å². The van der Waals surface area contributed by atoms with Crippen LogP contribution < -0.4 is 16.0 Å². The van der Waals surface area contributed by atoms with Crippen molar-refractivity contribution >= 4 is 23.1 Å². The van der Waals surface area contributed by atoms with E-state index in [0.717, 1.165) is 53.4 Å². The molecular weight excluding hydrogens is 402 g/mol. The number of aromatic nitrogens is 4. The van der Waals surface area contributed by atoms with Crippen LogP contribution in [0, 0.1) is 6.92 Å².